The second-order valence-electron chi connectivity index (χ2n) is 4.87. The third kappa shape index (κ3) is 6.01. The van der Waals surface area contributed by atoms with E-state index in [9.17, 15) is 39.9 Å². The number of nitrogens with one attached hydrogen (secondary N) is 1. The lowest BCUT2D eigenvalue weighted by Gasteiger charge is -2.20. The van der Waals surface area contributed by atoms with Crippen LogP contribution in [0.5, 0.6) is 0 Å². The molecule has 1 N–H and O–H groups in total. The Morgan fingerprint density at radius 1 is 1.16 bits per heavy atom. The van der Waals surface area contributed by atoms with Gasteiger partial charge in [-0.2, -0.15) is 35.1 Å². The molecule has 1 rings (SSSR count). The number of carbonyl (C=O) groups is 1. The third-order valence-electron chi connectivity index (χ3n) is 3.00. The van der Waals surface area contributed by atoms with Gasteiger partial charge in [-0.3, -0.25) is 9.78 Å². The summed E-state index contributed by atoms with van der Waals surface area (Å²) in [6, 6.07) is -0.648. The zero-order valence-electron chi connectivity index (χ0n) is 12.5. The Morgan fingerprint density at radius 2 is 1.76 bits per heavy atom. The molecule has 0 fully saturated rings. The van der Waals surface area contributed by atoms with E-state index in [0.29, 0.717) is 6.07 Å². The van der Waals surface area contributed by atoms with Crippen LogP contribution in [-0.2, 0) is 5.92 Å². The minimum atomic E-state index is -5.88. The van der Waals surface area contributed by atoms with Crippen molar-refractivity contribution in [1.29, 1.82) is 0 Å². The molecular formula is C13H12F8N2OS. The van der Waals surface area contributed by atoms with Crippen LogP contribution in [0.3, 0.4) is 0 Å². The predicted molar refractivity (Wildman–Crippen MR) is 74.2 cm³/mol. The molecule has 0 aromatic carbocycles. The maximum Gasteiger partial charge on any atom is 0.458 e. The minimum absolute atomic E-state index is 0.0979. The van der Waals surface area contributed by atoms with E-state index in [1.807, 2.05) is 0 Å². The average Bonchev–Trinajstić information content (AvgIpc) is 2.49. The van der Waals surface area contributed by atoms with Gasteiger partial charge in [0.1, 0.15) is 0 Å². The molecule has 0 aliphatic carbocycles. The van der Waals surface area contributed by atoms with Crippen LogP contribution in [0, 0.1) is 0 Å². The van der Waals surface area contributed by atoms with E-state index in [-0.39, 0.29) is 24.4 Å². The second-order valence-corrected chi connectivity index (χ2v) is 5.95. The lowest BCUT2D eigenvalue weighted by molar-refractivity contribution is -0.289. The predicted octanol–water partition coefficient (Wildman–Crippen LogP) is 4.50. The van der Waals surface area contributed by atoms with Crippen molar-refractivity contribution in [2.75, 3.05) is 5.75 Å². The van der Waals surface area contributed by atoms with Gasteiger partial charge in [0.25, 0.3) is 5.91 Å². The molecule has 0 aliphatic rings. The van der Waals surface area contributed by atoms with E-state index in [2.05, 4.69) is 10.3 Å². The molecule has 142 valence electrons. The highest BCUT2D eigenvalue weighted by atomic mass is 32.2. The summed E-state index contributed by atoms with van der Waals surface area (Å²) in [6.45, 7) is 1.48. The van der Waals surface area contributed by atoms with Gasteiger partial charge in [-0.1, -0.05) is 6.92 Å². The Morgan fingerprint density at radius 3 is 2.24 bits per heavy atom. The molecule has 1 atom stereocenters. The number of thioether (sulfide) groups is 1. The number of nitrogens with zero attached hydrogens (tertiary/aromatic N) is 1. The topological polar surface area (TPSA) is 42.0 Å². The summed E-state index contributed by atoms with van der Waals surface area (Å²) < 4.78 is 100. The summed E-state index contributed by atoms with van der Waals surface area (Å²) in [4.78, 5) is 15.1. The van der Waals surface area contributed by atoms with E-state index < -0.39 is 46.4 Å². The highest BCUT2D eigenvalue weighted by Gasteiger charge is 2.59. The number of hydrogen-bond donors (Lipinski definition) is 1. The van der Waals surface area contributed by atoms with Crippen molar-refractivity contribution in [2.24, 2.45) is 0 Å². The molecule has 1 aromatic rings. The van der Waals surface area contributed by atoms with Gasteiger partial charge in [-0.05, 0) is 24.2 Å². The first-order valence-electron chi connectivity index (χ1n) is 6.69. The lowest BCUT2D eigenvalue weighted by atomic mass is 10.1. The Labute approximate surface area is 141 Å². The van der Waals surface area contributed by atoms with Crippen LogP contribution < -0.4 is 5.32 Å². The molecule has 0 bridgehead atoms. The van der Waals surface area contributed by atoms with Gasteiger partial charge < -0.3 is 5.32 Å². The van der Waals surface area contributed by atoms with Gasteiger partial charge >= 0.3 is 17.6 Å². The summed E-state index contributed by atoms with van der Waals surface area (Å²) in [5.41, 5.74) is -6.67. The number of carbonyl (C=O) groups excluding carboxylic acids is 1. The zero-order valence-corrected chi connectivity index (χ0v) is 13.3. The molecule has 1 amide bonds. The lowest BCUT2D eigenvalue weighted by Crippen LogP contribution is -2.37. The molecule has 25 heavy (non-hydrogen) atoms. The van der Waals surface area contributed by atoms with E-state index in [1.54, 1.807) is 0 Å². The van der Waals surface area contributed by atoms with E-state index in [0.717, 1.165) is 6.20 Å². The highest BCUT2D eigenvalue weighted by Crippen LogP contribution is 2.43. The molecule has 12 heteroatoms. The third-order valence-corrected chi connectivity index (χ3v) is 3.89. The number of pyridine rings is 1. The van der Waals surface area contributed by atoms with Gasteiger partial charge in [-0.15, -0.1) is 0 Å². The van der Waals surface area contributed by atoms with Crippen LogP contribution >= 0.6 is 11.8 Å². The first-order valence-corrected chi connectivity index (χ1v) is 7.68. The van der Waals surface area contributed by atoms with Gasteiger partial charge in [0.15, 0.2) is 0 Å². The number of amides is 1. The highest BCUT2D eigenvalue weighted by molar-refractivity contribution is 8.00. The molecule has 0 saturated carbocycles. The van der Waals surface area contributed by atoms with Crippen molar-refractivity contribution in [3.63, 3.8) is 0 Å². The Balaban J connectivity index is 2.91. The van der Waals surface area contributed by atoms with Gasteiger partial charge in [0, 0.05) is 29.8 Å². The van der Waals surface area contributed by atoms with Crippen LogP contribution in [0.2, 0.25) is 0 Å². The standard InChI is InChI=1S/C13H12F8N2OS/c1-2-9(6-25-13(19,20)21)23-10(24)7-3-8(5-22-4-7)11(14,15)12(16,17)18/h3-5,9H,2,6H2,1H3,(H,23,24). The Hall–Kier alpha value is -1.59. The number of alkyl halides is 8. The second kappa shape index (κ2) is 7.75. The summed E-state index contributed by atoms with van der Waals surface area (Å²) in [5.74, 6) is -6.84. The monoisotopic (exact) mass is 396 g/mol. The van der Waals surface area contributed by atoms with Crippen LogP contribution in [0.4, 0.5) is 35.1 Å². The molecule has 0 aliphatic heterocycles. The van der Waals surface area contributed by atoms with Crippen molar-refractivity contribution in [3.05, 3.63) is 29.6 Å². The number of rotatable bonds is 6. The summed E-state index contributed by atoms with van der Waals surface area (Å²) >= 11 is -0.385. The van der Waals surface area contributed by atoms with Crippen molar-refractivity contribution in [1.82, 2.24) is 10.3 Å². The molecule has 3 nitrogen and oxygen atoms in total. The van der Waals surface area contributed by atoms with Crippen LogP contribution in [0.1, 0.15) is 29.3 Å². The van der Waals surface area contributed by atoms with Gasteiger partial charge in [0.2, 0.25) is 0 Å². The molecule has 1 aromatic heterocycles. The first kappa shape index (κ1) is 21.5. The molecule has 1 heterocycles. The smallest absolute Gasteiger partial charge is 0.348 e. The maximum absolute atomic E-state index is 13.3. The molecule has 0 radical (unpaired) electrons. The normalized spacial score (nSPS) is 14.3. The fourth-order valence-corrected chi connectivity index (χ4v) is 2.33. The van der Waals surface area contributed by atoms with Crippen molar-refractivity contribution in [3.8, 4) is 0 Å². The fraction of sp³-hybridized carbons (Fsp3) is 0.538. The first-order chi connectivity index (χ1) is 11.3. The Bertz CT molecular complexity index is 602. The average molecular weight is 396 g/mol. The fourth-order valence-electron chi connectivity index (χ4n) is 1.62. The van der Waals surface area contributed by atoms with Gasteiger partial charge in [0.05, 0.1) is 5.56 Å². The zero-order chi connectivity index (χ0) is 19.5. The largest absolute Gasteiger partial charge is 0.458 e. The van der Waals surface area contributed by atoms with Crippen LogP contribution in [0.15, 0.2) is 18.5 Å². The summed E-state index contributed by atoms with van der Waals surface area (Å²) in [5, 5.41) is 2.15. The summed E-state index contributed by atoms with van der Waals surface area (Å²) in [6.07, 6.45) is -4.77. The quantitative estimate of drug-likeness (QED) is 0.721. The number of halogens is 8. The number of hydrogen-bond acceptors (Lipinski definition) is 3. The van der Waals surface area contributed by atoms with E-state index >= 15 is 0 Å². The van der Waals surface area contributed by atoms with E-state index in [1.165, 1.54) is 6.92 Å². The van der Waals surface area contributed by atoms with E-state index in [4.69, 9.17) is 0 Å². The van der Waals surface area contributed by atoms with Gasteiger partial charge in [-0.25, -0.2) is 0 Å². The molecular weight excluding hydrogens is 384 g/mol. The van der Waals surface area contributed by atoms with Crippen molar-refractivity contribution in [2.45, 2.75) is 37.0 Å². The van der Waals surface area contributed by atoms with Crippen LogP contribution in [-0.4, -0.2) is 34.4 Å². The van der Waals surface area contributed by atoms with Crippen molar-refractivity contribution < 1.29 is 39.9 Å². The van der Waals surface area contributed by atoms with Crippen LogP contribution in [0.25, 0.3) is 0 Å². The molecule has 0 spiro atoms. The maximum atomic E-state index is 13.3. The number of aromatic nitrogens is 1. The molecule has 0 saturated heterocycles. The molecule has 1 unspecified atom stereocenters. The Kier molecular flexibility index (Phi) is 6.65. The summed E-state index contributed by atoms with van der Waals surface area (Å²) in [7, 11) is 0. The minimum Gasteiger partial charge on any atom is -0.348 e. The van der Waals surface area contributed by atoms with Crippen molar-refractivity contribution >= 4 is 17.7 Å². The SMILES string of the molecule is CCC(CSC(F)(F)F)NC(=O)c1cncc(C(F)(F)C(F)(F)F)c1.